The van der Waals surface area contributed by atoms with Gasteiger partial charge in [-0.05, 0) is 37.1 Å². The zero-order chi connectivity index (χ0) is 21.0. The number of carbonyl (C=O) groups is 2. The zero-order valence-electron chi connectivity index (χ0n) is 15.4. The summed E-state index contributed by atoms with van der Waals surface area (Å²) < 4.78 is 36.8. The van der Waals surface area contributed by atoms with Gasteiger partial charge in [-0.15, -0.1) is 0 Å². The topological polar surface area (TPSA) is 101 Å². The fraction of sp³-hybridized carbons (Fsp3) is 0.368. The Hall–Kier alpha value is -3.17. The second kappa shape index (κ2) is 8.46. The maximum atomic E-state index is 12.6. The van der Waals surface area contributed by atoms with Crippen LogP contribution in [0.15, 0.2) is 36.5 Å². The number of ketones is 1. The van der Waals surface area contributed by atoms with Crippen LogP contribution < -0.4 is 16.0 Å². The first-order chi connectivity index (χ1) is 13.7. The monoisotopic (exact) mass is 413 g/mol. The number of alkyl halides is 3. The number of piperidine rings is 1. The van der Waals surface area contributed by atoms with Gasteiger partial charge in [0.05, 0.1) is 5.56 Å². The molecule has 0 atom stereocenters. The SMILES string of the molecule is Nc1ncccc1C(=O)c1cccc(N2CCC(NC(=O)CC(F)(F)F)CC2)n1.[HH].[HH].[HH]. The normalized spacial score (nSPS) is 15.2. The van der Waals surface area contributed by atoms with Crippen LogP contribution in [0.5, 0.6) is 0 Å². The summed E-state index contributed by atoms with van der Waals surface area (Å²) in [5, 5.41) is 2.42. The third-order valence-electron chi connectivity index (χ3n) is 4.60. The van der Waals surface area contributed by atoms with Crippen molar-refractivity contribution in [2.45, 2.75) is 31.5 Å². The minimum Gasteiger partial charge on any atom is -0.383 e. The smallest absolute Gasteiger partial charge is 0.383 e. The minimum absolute atomic E-state index is 0. The molecule has 0 unspecified atom stereocenters. The Morgan fingerprint density at radius 3 is 2.59 bits per heavy atom. The molecule has 10 heteroatoms. The molecule has 0 saturated carbocycles. The Kier molecular flexibility index (Phi) is 6.00. The van der Waals surface area contributed by atoms with E-state index in [1.165, 1.54) is 6.20 Å². The predicted molar refractivity (Wildman–Crippen MR) is 107 cm³/mol. The number of nitrogens with zero attached hydrogens (tertiary/aromatic N) is 3. The molecule has 0 spiro atoms. The van der Waals surface area contributed by atoms with Gasteiger partial charge in [0.2, 0.25) is 11.7 Å². The molecule has 1 aliphatic heterocycles. The van der Waals surface area contributed by atoms with Crippen molar-refractivity contribution in [1.29, 1.82) is 0 Å². The van der Waals surface area contributed by atoms with Gasteiger partial charge in [-0.2, -0.15) is 13.2 Å². The number of nitrogen functional groups attached to an aromatic ring is 1. The molecule has 0 aliphatic carbocycles. The van der Waals surface area contributed by atoms with Crippen molar-refractivity contribution in [3.8, 4) is 0 Å². The maximum Gasteiger partial charge on any atom is 0.397 e. The summed E-state index contributed by atoms with van der Waals surface area (Å²) in [6.07, 6.45) is -3.53. The van der Waals surface area contributed by atoms with Crippen molar-refractivity contribution in [2.24, 2.45) is 0 Å². The summed E-state index contributed by atoms with van der Waals surface area (Å²) in [7, 11) is 0. The van der Waals surface area contributed by atoms with E-state index in [2.05, 4.69) is 15.3 Å². The van der Waals surface area contributed by atoms with Crippen LogP contribution in [0.3, 0.4) is 0 Å². The molecule has 3 rings (SSSR count). The van der Waals surface area contributed by atoms with E-state index in [1.807, 2.05) is 4.90 Å². The van der Waals surface area contributed by atoms with Crippen LogP contribution in [0.2, 0.25) is 0 Å². The molecule has 1 amide bonds. The Labute approximate surface area is 169 Å². The van der Waals surface area contributed by atoms with Crippen LogP contribution in [-0.2, 0) is 4.79 Å². The van der Waals surface area contributed by atoms with Crippen molar-refractivity contribution in [3.05, 3.63) is 47.8 Å². The highest BCUT2D eigenvalue weighted by Crippen LogP contribution is 2.22. The second-order valence-electron chi connectivity index (χ2n) is 6.77. The van der Waals surface area contributed by atoms with Crippen LogP contribution in [-0.4, -0.2) is 47.0 Å². The molecule has 0 aromatic carbocycles. The van der Waals surface area contributed by atoms with Crippen molar-refractivity contribution in [2.75, 3.05) is 23.7 Å². The number of amides is 1. The molecule has 1 fully saturated rings. The third-order valence-corrected chi connectivity index (χ3v) is 4.60. The van der Waals surface area contributed by atoms with Crippen LogP contribution in [0, 0.1) is 0 Å². The van der Waals surface area contributed by atoms with Gasteiger partial charge in [-0.25, -0.2) is 9.97 Å². The van der Waals surface area contributed by atoms with E-state index in [0.29, 0.717) is 31.7 Å². The van der Waals surface area contributed by atoms with E-state index in [0.717, 1.165) is 0 Å². The fourth-order valence-corrected chi connectivity index (χ4v) is 3.19. The molecule has 2 aromatic heterocycles. The highest BCUT2D eigenvalue weighted by atomic mass is 19.4. The molecule has 0 bridgehead atoms. The van der Waals surface area contributed by atoms with E-state index in [-0.39, 0.29) is 33.2 Å². The average Bonchev–Trinajstić information content (AvgIpc) is 2.67. The number of rotatable bonds is 5. The van der Waals surface area contributed by atoms with Gasteiger partial charge < -0.3 is 16.0 Å². The van der Waals surface area contributed by atoms with Crippen molar-refractivity contribution >= 4 is 23.3 Å². The summed E-state index contributed by atoms with van der Waals surface area (Å²) in [6.45, 7) is 0.993. The summed E-state index contributed by atoms with van der Waals surface area (Å²) in [6, 6.07) is 7.92. The number of anilines is 2. The number of nitrogens with one attached hydrogen (secondary N) is 1. The molecular weight excluding hydrogens is 387 g/mol. The van der Waals surface area contributed by atoms with Gasteiger partial charge in [0.25, 0.3) is 0 Å². The molecule has 3 N–H and O–H groups in total. The summed E-state index contributed by atoms with van der Waals surface area (Å²) in [4.78, 5) is 34.3. The first-order valence-corrected chi connectivity index (χ1v) is 9.06. The number of nitrogens with two attached hydrogens (primary N) is 1. The number of pyridine rings is 2. The van der Waals surface area contributed by atoms with Gasteiger partial charge in [-0.3, -0.25) is 9.59 Å². The summed E-state index contributed by atoms with van der Waals surface area (Å²) in [5.74, 6) is -0.652. The Morgan fingerprint density at radius 2 is 1.93 bits per heavy atom. The molecule has 1 aliphatic rings. The number of hydrogen-bond acceptors (Lipinski definition) is 6. The first-order valence-electron chi connectivity index (χ1n) is 9.06. The average molecular weight is 413 g/mol. The van der Waals surface area contributed by atoms with Crippen LogP contribution in [0.25, 0.3) is 0 Å². The standard InChI is InChI=1S/C19H20F3N5O2.3H2/c20-19(21,22)11-16(28)25-12-6-9-27(10-7-12)15-5-1-4-14(26-15)17(29)13-3-2-8-24-18(13)23;;;/h1-5,8,12H,6-7,9-11H2,(H2,23,24)(H,25,28);3*1H. The molecule has 160 valence electrons. The van der Waals surface area contributed by atoms with E-state index in [9.17, 15) is 22.8 Å². The lowest BCUT2D eigenvalue weighted by Gasteiger charge is -2.33. The molecule has 1 saturated heterocycles. The van der Waals surface area contributed by atoms with E-state index >= 15 is 0 Å². The number of carbonyl (C=O) groups excluding carboxylic acids is 2. The van der Waals surface area contributed by atoms with Gasteiger partial charge in [0, 0.05) is 29.6 Å². The minimum atomic E-state index is -4.51. The highest BCUT2D eigenvalue weighted by Gasteiger charge is 2.32. The largest absolute Gasteiger partial charge is 0.397 e. The van der Waals surface area contributed by atoms with Crippen molar-refractivity contribution in [1.82, 2.24) is 15.3 Å². The summed E-state index contributed by atoms with van der Waals surface area (Å²) >= 11 is 0. The van der Waals surface area contributed by atoms with Crippen molar-refractivity contribution in [3.63, 3.8) is 0 Å². The molecule has 7 nitrogen and oxygen atoms in total. The fourth-order valence-electron chi connectivity index (χ4n) is 3.19. The lowest BCUT2D eigenvalue weighted by atomic mass is 10.0. The molecule has 3 heterocycles. The number of aromatic nitrogens is 2. The zero-order valence-corrected chi connectivity index (χ0v) is 15.4. The van der Waals surface area contributed by atoms with Gasteiger partial charge >= 0.3 is 6.18 Å². The maximum absolute atomic E-state index is 12.6. The summed E-state index contributed by atoms with van der Waals surface area (Å²) in [5.41, 5.74) is 6.25. The quantitative estimate of drug-likeness (QED) is 0.731. The van der Waals surface area contributed by atoms with E-state index in [4.69, 9.17) is 5.73 Å². The number of hydrogen-bond donors (Lipinski definition) is 2. The van der Waals surface area contributed by atoms with E-state index in [1.54, 1.807) is 30.3 Å². The Bertz CT molecular complexity index is 910. The van der Waals surface area contributed by atoms with Crippen LogP contribution >= 0.6 is 0 Å². The predicted octanol–water partition coefficient (Wildman–Crippen LogP) is 3.07. The molecular formula is C19H26F3N5O2. The number of halogens is 3. The second-order valence-corrected chi connectivity index (χ2v) is 6.77. The van der Waals surface area contributed by atoms with Gasteiger partial charge in [-0.1, -0.05) is 6.07 Å². The van der Waals surface area contributed by atoms with E-state index < -0.39 is 18.5 Å². The Morgan fingerprint density at radius 1 is 1.21 bits per heavy atom. The molecule has 0 radical (unpaired) electrons. The lowest BCUT2D eigenvalue weighted by molar-refractivity contribution is -0.154. The van der Waals surface area contributed by atoms with Crippen LogP contribution in [0.4, 0.5) is 24.8 Å². The van der Waals surface area contributed by atoms with Crippen LogP contribution in [0.1, 0.15) is 39.6 Å². The molecule has 29 heavy (non-hydrogen) atoms. The van der Waals surface area contributed by atoms with Crippen molar-refractivity contribution < 1.29 is 27.0 Å². The first kappa shape index (κ1) is 20.6. The van der Waals surface area contributed by atoms with Gasteiger partial charge in [0.1, 0.15) is 23.8 Å². The lowest BCUT2D eigenvalue weighted by Crippen LogP contribution is -2.45. The van der Waals surface area contributed by atoms with Gasteiger partial charge in [0.15, 0.2) is 0 Å². The Balaban J connectivity index is 0.00000320. The highest BCUT2D eigenvalue weighted by molar-refractivity contribution is 6.10. The molecule has 2 aromatic rings. The third kappa shape index (κ3) is 5.43.